The zero-order valence-electron chi connectivity index (χ0n) is 10.8. The molecule has 1 N–H and O–H groups in total. The van der Waals surface area contributed by atoms with E-state index >= 15 is 0 Å². The van der Waals surface area contributed by atoms with E-state index in [0.717, 1.165) is 25.4 Å². The van der Waals surface area contributed by atoms with Crippen LogP contribution >= 0.6 is 0 Å². The van der Waals surface area contributed by atoms with Crippen LogP contribution in [0.4, 0.5) is 0 Å². The fraction of sp³-hybridized carbons (Fsp3) is 0.571. The van der Waals surface area contributed by atoms with Crippen molar-refractivity contribution in [3.05, 3.63) is 29.3 Å². The van der Waals surface area contributed by atoms with Crippen molar-refractivity contribution in [1.82, 2.24) is 5.32 Å². The minimum atomic E-state index is 0.563. The number of aryl methyl sites for hydroxylation is 1. The van der Waals surface area contributed by atoms with E-state index in [2.05, 4.69) is 51.2 Å². The molecular weight excluding hydrogens is 198 g/mol. The van der Waals surface area contributed by atoms with Gasteiger partial charge in [-0.3, -0.25) is 0 Å². The van der Waals surface area contributed by atoms with E-state index in [0.29, 0.717) is 5.92 Å². The number of ether oxygens (including phenoxy) is 1. The fourth-order valence-electron chi connectivity index (χ4n) is 1.50. The van der Waals surface area contributed by atoms with Crippen molar-refractivity contribution in [3.63, 3.8) is 0 Å². The van der Waals surface area contributed by atoms with Crippen LogP contribution in [-0.4, -0.2) is 13.2 Å². The SMILES string of the molecule is CCNCc1cc(C)ccc1OCC(C)C. The van der Waals surface area contributed by atoms with Gasteiger partial charge < -0.3 is 10.1 Å². The van der Waals surface area contributed by atoms with Gasteiger partial charge in [0.05, 0.1) is 6.61 Å². The molecule has 0 aliphatic heterocycles. The summed E-state index contributed by atoms with van der Waals surface area (Å²) in [4.78, 5) is 0. The van der Waals surface area contributed by atoms with Gasteiger partial charge in [0, 0.05) is 12.1 Å². The molecule has 0 unspecified atom stereocenters. The summed E-state index contributed by atoms with van der Waals surface area (Å²) in [5, 5.41) is 3.34. The van der Waals surface area contributed by atoms with Crippen molar-refractivity contribution < 1.29 is 4.74 Å². The topological polar surface area (TPSA) is 21.3 Å². The Labute approximate surface area is 99.0 Å². The zero-order valence-corrected chi connectivity index (χ0v) is 10.8. The van der Waals surface area contributed by atoms with Crippen LogP contribution in [0.15, 0.2) is 18.2 Å². The Morgan fingerprint density at radius 3 is 2.69 bits per heavy atom. The Morgan fingerprint density at radius 1 is 1.31 bits per heavy atom. The molecule has 0 atom stereocenters. The highest BCUT2D eigenvalue weighted by Gasteiger charge is 2.04. The first-order valence-corrected chi connectivity index (χ1v) is 6.06. The summed E-state index contributed by atoms with van der Waals surface area (Å²) < 4.78 is 5.81. The molecule has 1 rings (SSSR count). The van der Waals surface area contributed by atoms with Crippen molar-refractivity contribution in [3.8, 4) is 5.75 Å². The molecule has 0 aliphatic carbocycles. The van der Waals surface area contributed by atoms with Gasteiger partial charge >= 0.3 is 0 Å². The van der Waals surface area contributed by atoms with Crippen molar-refractivity contribution in [2.75, 3.05) is 13.2 Å². The van der Waals surface area contributed by atoms with E-state index in [1.807, 2.05) is 0 Å². The molecule has 0 fully saturated rings. The largest absolute Gasteiger partial charge is 0.493 e. The van der Waals surface area contributed by atoms with Gasteiger partial charge in [-0.05, 0) is 25.5 Å². The van der Waals surface area contributed by atoms with E-state index < -0.39 is 0 Å². The smallest absolute Gasteiger partial charge is 0.123 e. The van der Waals surface area contributed by atoms with Gasteiger partial charge in [-0.25, -0.2) is 0 Å². The fourth-order valence-corrected chi connectivity index (χ4v) is 1.50. The second kappa shape index (κ2) is 6.54. The van der Waals surface area contributed by atoms with Crippen LogP contribution in [0.25, 0.3) is 0 Å². The quantitative estimate of drug-likeness (QED) is 0.797. The predicted molar refractivity (Wildman–Crippen MR) is 68.9 cm³/mol. The van der Waals surface area contributed by atoms with Gasteiger partial charge in [-0.2, -0.15) is 0 Å². The molecular formula is C14H23NO. The molecule has 1 aromatic carbocycles. The van der Waals surface area contributed by atoms with E-state index in [1.54, 1.807) is 0 Å². The Balaban J connectivity index is 2.72. The van der Waals surface area contributed by atoms with Crippen LogP contribution in [0.1, 0.15) is 31.9 Å². The molecule has 0 saturated carbocycles. The predicted octanol–water partition coefficient (Wildman–Crippen LogP) is 3.14. The van der Waals surface area contributed by atoms with Gasteiger partial charge in [0.25, 0.3) is 0 Å². The first kappa shape index (κ1) is 13.0. The van der Waals surface area contributed by atoms with E-state index in [-0.39, 0.29) is 0 Å². The number of hydrogen-bond donors (Lipinski definition) is 1. The average molecular weight is 221 g/mol. The average Bonchev–Trinajstić information content (AvgIpc) is 2.24. The summed E-state index contributed by atoms with van der Waals surface area (Å²) >= 11 is 0. The van der Waals surface area contributed by atoms with E-state index in [4.69, 9.17) is 4.74 Å². The van der Waals surface area contributed by atoms with Crippen molar-refractivity contribution >= 4 is 0 Å². The third-order valence-corrected chi connectivity index (χ3v) is 2.35. The second-order valence-electron chi connectivity index (χ2n) is 4.60. The molecule has 0 spiro atoms. The molecule has 0 radical (unpaired) electrons. The molecule has 0 amide bonds. The summed E-state index contributed by atoms with van der Waals surface area (Å²) in [6.07, 6.45) is 0. The maximum atomic E-state index is 5.81. The monoisotopic (exact) mass is 221 g/mol. The summed E-state index contributed by atoms with van der Waals surface area (Å²) in [5.41, 5.74) is 2.53. The molecule has 0 saturated heterocycles. The molecule has 0 aliphatic rings. The Morgan fingerprint density at radius 2 is 2.06 bits per heavy atom. The summed E-state index contributed by atoms with van der Waals surface area (Å²) in [6, 6.07) is 6.37. The maximum absolute atomic E-state index is 5.81. The zero-order chi connectivity index (χ0) is 12.0. The minimum absolute atomic E-state index is 0.563. The molecule has 90 valence electrons. The molecule has 2 heteroatoms. The van der Waals surface area contributed by atoms with E-state index in [9.17, 15) is 0 Å². The summed E-state index contributed by atoms with van der Waals surface area (Å²) in [6.45, 7) is 11.2. The number of rotatable bonds is 6. The van der Waals surface area contributed by atoms with Gasteiger partial charge in [0.1, 0.15) is 5.75 Å². The lowest BCUT2D eigenvalue weighted by molar-refractivity contribution is 0.268. The van der Waals surface area contributed by atoms with Crippen molar-refractivity contribution in [1.29, 1.82) is 0 Å². The highest BCUT2D eigenvalue weighted by atomic mass is 16.5. The lowest BCUT2D eigenvalue weighted by Crippen LogP contribution is -2.14. The summed E-state index contributed by atoms with van der Waals surface area (Å²) in [5.74, 6) is 1.58. The van der Waals surface area contributed by atoms with Crippen LogP contribution < -0.4 is 10.1 Å². The Kier molecular flexibility index (Phi) is 5.33. The van der Waals surface area contributed by atoms with Gasteiger partial charge in [0.15, 0.2) is 0 Å². The molecule has 1 aromatic rings. The Hall–Kier alpha value is -1.02. The number of benzene rings is 1. The van der Waals surface area contributed by atoms with Crippen molar-refractivity contribution in [2.45, 2.75) is 34.2 Å². The maximum Gasteiger partial charge on any atom is 0.123 e. The van der Waals surface area contributed by atoms with Crippen LogP contribution in [0.5, 0.6) is 5.75 Å². The lowest BCUT2D eigenvalue weighted by Gasteiger charge is -2.14. The third-order valence-electron chi connectivity index (χ3n) is 2.35. The third kappa shape index (κ3) is 4.23. The van der Waals surface area contributed by atoms with Crippen LogP contribution in [-0.2, 0) is 6.54 Å². The molecule has 0 bridgehead atoms. The highest BCUT2D eigenvalue weighted by molar-refractivity contribution is 5.36. The summed E-state index contributed by atoms with van der Waals surface area (Å²) in [7, 11) is 0. The highest BCUT2D eigenvalue weighted by Crippen LogP contribution is 2.20. The molecule has 0 aromatic heterocycles. The molecule has 0 heterocycles. The lowest BCUT2D eigenvalue weighted by atomic mass is 10.1. The van der Waals surface area contributed by atoms with Crippen LogP contribution in [0.3, 0.4) is 0 Å². The number of nitrogens with one attached hydrogen (secondary N) is 1. The minimum Gasteiger partial charge on any atom is -0.493 e. The van der Waals surface area contributed by atoms with Crippen molar-refractivity contribution in [2.24, 2.45) is 5.92 Å². The first-order valence-electron chi connectivity index (χ1n) is 6.06. The standard InChI is InChI=1S/C14H23NO/c1-5-15-9-13-8-12(4)6-7-14(13)16-10-11(2)3/h6-8,11,15H,5,9-10H2,1-4H3. The first-order chi connectivity index (χ1) is 7.63. The molecule has 16 heavy (non-hydrogen) atoms. The Bertz CT molecular complexity index is 321. The van der Waals surface area contributed by atoms with Gasteiger partial charge in [-0.15, -0.1) is 0 Å². The van der Waals surface area contributed by atoms with E-state index in [1.165, 1.54) is 11.1 Å². The normalized spacial score (nSPS) is 10.8. The van der Waals surface area contributed by atoms with Crippen LogP contribution in [0, 0.1) is 12.8 Å². The van der Waals surface area contributed by atoms with Crippen LogP contribution in [0.2, 0.25) is 0 Å². The van der Waals surface area contributed by atoms with Gasteiger partial charge in [0.2, 0.25) is 0 Å². The van der Waals surface area contributed by atoms with Gasteiger partial charge in [-0.1, -0.05) is 38.5 Å². The second-order valence-corrected chi connectivity index (χ2v) is 4.60. The molecule has 2 nitrogen and oxygen atoms in total. The number of hydrogen-bond acceptors (Lipinski definition) is 2.